The predicted molar refractivity (Wildman–Crippen MR) is 56.2 cm³/mol. The van der Waals surface area contributed by atoms with Gasteiger partial charge in [-0.15, -0.1) is 0 Å². The quantitative estimate of drug-likeness (QED) is 0.319. The van der Waals surface area contributed by atoms with Gasteiger partial charge in [0.05, 0.1) is 7.11 Å². The second kappa shape index (κ2) is 5.46. The number of hydrogen-bond acceptors (Lipinski definition) is 4. The number of ether oxygens (including phenoxy) is 1. The highest BCUT2D eigenvalue weighted by atomic mass is 16.5. The van der Waals surface area contributed by atoms with E-state index in [1.807, 2.05) is 0 Å². The van der Waals surface area contributed by atoms with Gasteiger partial charge in [-0.05, 0) is 26.3 Å². The van der Waals surface area contributed by atoms with Crippen molar-refractivity contribution in [1.82, 2.24) is 0 Å². The Kier molecular flexibility index (Phi) is 4.94. The van der Waals surface area contributed by atoms with Gasteiger partial charge in [0.15, 0.2) is 5.78 Å². The third-order valence-corrected chi connectivity index (χ3v) is 2.31. The van der Waals surface area contributed by atoms with Crippen LogP contribution in [0.25, 0.3) is 0 Å². The fraction of sp³-hybridized carbons (Fsp3) is 0.455. The molecule has 0 fully saturated rings. The Morgan fingerprint density at radius 3 is 2.20 bits per heavy atom. The smallest absolute Gasteiger partial charge is 0.201 e. The van der Waals surface area contributed by atoms with Crippen LogP contribution in [0.5, 0.6) is 0 Å². The molecule has 84 valence electrons. The molecule has 0 saturated carbocycles. The summed E-state index contributed by atoms with van der Waals surface area (Å²) in [6.45, 7) is 4.53. The molecule has 0 aromatic carbocycles. The Labute approximate surface area is 89.2 Å². The standard InChI is InChI=1S/C11H16O4/c1-5-8(2)11(14,9(3)13)10(15-4)6-7-12/h5-7,14H,1-4H3/b8-5-,10-6+. The lowest BCUT2D eigenvalue weighted by molar-refractivity contribution is -0.131. The van der Waals surface area contributed by atoms with Crippen molar-refractivity contribution < 1.29 is 19.4 Å². The molecule has 0 spiro atoms. The largest absolute Gasteiger partial charge is 0.497 e. The van der Waals surface area contributed by atoms with Crippen LogP contribution in [0.4, 0.5) is 0 Å². The number of carbonyl (C=O) groups is 2. The topological polar surface area (TPSA) is 63.6 Å². The summed E-state index contributed by atoms with van der Waals surface area (Å²) in [5.41, 5.74) is -1.42. The zero-order chi connectivity index (χ0) is 12.1. The summed E-state index contributed by atoms with van der Waals surface area (Å²) in [6.07, 6.45) is 3.10. The number of hydrogen-bond donors (Lipinski definition) is 1. The molecule has 1 N–H and O–H groups in total. The van der Waals surface area contributed by atoms with Crippen LogP contribution in [0.2, 0.25) is 0 Å². The van der Waals surface area contributed by atoms with Gasteiger partial charge in [-0.1, -0.05) is 6.08 Å². The molecule has 0 aliphatic rings. The normalized spacial score (nSPS) is 16.9. The summed E-state index contributed by atoms with van der Waals surface area (Å²) in [4.78, 5) is 21.8. The summed E-state index contributed by atoms with van der Waals surface area (Å²) in [5.74, 6) is -0.561. The van der Waals surface area contributed by atoms with Gasteiger partial charge in [-0.2, -0.15) is 0 Å². The van der Waals surface area contributed by atoms with E-state index in [9.17, 15) is 14.7 Å². The molecule has 0 aliphatic carbocycles. The van der Waals surface area contributed by atoms with Gasteiger partial charge in [0.1, 0.15) is 12.0 Å². The van der Waals surface area contributed by atoms with Gasteiger partial charge in [-0.3, -0.25) is 9.59 Å². The summed E-state index contributed by atoms with van der Waals surface area (Å²) in [5, 5.41) is 10.2. The molecule has 0 saturated heterocycles. The third-order valence-electron chi connectivity index (χ3n) is 2.31. The van der Waals surface area contributed by atoms with Crippen molar-refractivity contribution in [1.29, 1.82) is 0 Å². The number of aliphatic hydroxyl groups is 1. The average molecular weight is 212 g/mol. The summed E-state index contributed by atoms with van der Waals surface area (Å²) < 4.78 is 4.86. The average Bonchev–Trinajstić information content (AvgIpc) is 2.23. The summed E-state index contributed by atoms with van der Waals surface area (Å²) in [7, 11) is 1.30. The number of allylic oxidation sites excluding steroid dienone is 2. The van der Waals surface area contributed by atoms with Crippen LogP contribution in [-0.4, -0.2) is 29.9 Å². The van der Waals surface area contributed by atoms with E-state index >= 15 is 0 Å². The first-order chi connectivity index (χ1) is 6.94. The zero-order valence-corrected chi connectivity index (χ0v) is 9.40. The Hall–Kier alpha value is -1.42. The minimum Gasteiger partial charge on any atom is -0.497 e. The number of Topliss-reactive ketones (excluding diaryl/α,β-unsaturated/α-hetero) is 1. The van der Waals surface area contributed by atoms with Gasteiger partial charge in [0.2, 0.25) is 5.60 Å². The second-order valence-electron chi connectivity index (χ2n) is 3.11. The maximum absolute atomic E-state index is 11.4. The van der Waals surface area contributed by atoms with Gasteiger partial charge in [-0.25, -0.2) is 0 Å². The monoisotopic (exact) mass is 212 g/mol. The van der Waals surface area contributed by atoms with Crippen LogP contribution in [0.3, 0.4) is 0 Å². The van der Waals surface area contributed by atoms with Crippen LogP contribution in [0, 0.1) is 0 Å². The first-order valence-electron chi connectivity index (χ1n) is 4.51. The molecule has 0 aromatic rings. The van der Waals surface area contributed by atoms with Crippen molar-refractivity contribution in [2.45, 2.75) is 26.4 Å². The minimum atomic E-state index is -1.84. The number of rotatable bonds is 5. The van der Waals surface area contributed by atoms with E-state index in [0.717, 1.165) is 6.08 Å². The van der Waals surface area contributed by atoms with E-state index in [2.05, 4.69) is 0 Å². The lowest BCUT2D eigenvalue weighted by atomic mass is 9.88. The maximum atomic E-state index is 11.4. The Balaban J connectivity index is 5.57. The highest BCUT2D eigenvalue weighted by Crippen LogP contribution is 2.27. The highest BCUT2D eigenvalue weighted by molar-refractivity contribution is 5.92. The van der Waals surface area contributed by atoms with Crippen molar-refractivity contribution in [2.75, 3.05) is 7.11 Å². The van der Waals surface area contributed by atoms with Crippen molar-refractivity contribution >= 4 is 12.1 Å². The van der Waals surface area contributed by atoms with E-state index < -0.39 is 11.4 Å². The SMILES string of the molecule is C/C=C(/C)C(O)(C(C)=O)/C(=C\C=O)OC. The van der Waals surface area contributed by atoms with Crippen molar-refractivity contribution in [3.05, 3.63) is 23.5 Å². The summed E-state index contributed by atoms with van der Waals surface area (Å²) in [6, 6.07) is 0. The molecule has 0 aromatic heterocycles. The van der Waals surface area contributed by atoms with E-state index in [-0.39, 0.29) is 5.76 Å². The fourth-order valence-corrected chi connectivity index (χ4v) is 1.25. The first-order valence-corrected chi connectivity index (χ1v) is 4.51. The molecule has 0 bridgehead atoms. The van der Waals surface area contributed by atoms with Crippen LogP contribution < -0.4 is 0 Å². The molecule has 0 aliphatic heterocycles. The molecular formula is C11H16O4. The van der Waals surface area contributed by atoms with Crippen LogP contribution in [0.1, 0.15) is 20.8 Å². The highest BCUT2D eigenvalue weighted by Gasteiger charge is 2.39. The zero-order valence-electron chi connectivity index (χ0n) is 9.40. The van der Waals surface area contributed by atoms with Gasteiger partial charge < -0.3 is 9.84 Å². The molecule has 4 heteroatoms. The number of aldehydes is 1. The predicted octanol–water partition coefficient (Wildman–Crippen LogP) is 1.00. The Morgan fingerprint density at radius 1 is 1.40 bits per heavy atom. The van der Waals surface area contributed by atoms with Crippen molar-refractivity contribution in [2.24, 2.45) is 0 Å². The molecule has 0 rings (SSSR count). The van der Waals surface area contributed by atoms with Gasteiger partial charge in [0.25, 0.3) is 0 Å². The molecule has 1 unspecified atom stereocenters. The number of carbonyl (C=O) groups excluding carboxylic acids is 2. The summed E-state index contributed by atoms with van der Waals surface area (Å²) >= 11 is 0. The molecule has 0 amide bonds. The minimum absolute atomic E-state index is 0.0689. The molecule has 1 atom stereocenters. The lowest BCUT2D eigenvalue weighted by Crippen LogP contribution is -2.41. The number of ketones is 1. The van der Waals surface area contributed by atoms with Crippen LogP contribution >= 0.6 is 0 Å². The molecule has 0 radical (unpaired) electrons. The third kappa shape index (κ3) is 2.53. The van der Waals surface area contributed by atoms with Gasteiger partial charge >= 0.3 is 0 Å². The Bertz CT molecular complexity index is 315. The fourth-order valence-electron chi connectivity index (χ4n) is 1.25. The van der Waals surface area contributed by atoms with Crippen LogP contribution in [0.15, 0.2) is 23.5 Å². The maximum Gasteiger partial charge on any atom is 0.201 e. The molecule has 4 nitrogen and oxygen atoms in total. The molecule has 0 heterocycles. The van der Waals surface area contributed by atoms with E-state index in [1.165, 1.54) is 14.0 Å². The molecular weight excluding hydrogens is 196 g/mol. The van der Waals surface area contributed by atoms with Crippen molar-refractivity contribution in [3.63, 3.8) is 0 Å². The van der Waals surface area contributed by atoms with E-state index in [1.54, 1.807) is 19.9 Å². The lowest BCUT2D eigenvalue weighted by Gasteiger charge is -2.27. The van der Waals surface area contributed by atoms with Crippen LogP contribution in [-0.2, 0) is 14.3 Å². The Morgan fingerprint density at radius 2 is 1.93 bits per heavy atom. The number of methoxy groups -OCH3 is 1. The molecule has 15 heavy (non-hydrogen) atoms. The van der Waals surface area contributed by atoms with Gasteiger partial charge in [0, 0.05) is 6.08 Å². The first kappa shape index (κ1) is 13.6. The van der Waals surface area contributed by atoms with E-state index in [4.69, 9.17) is 4.74 Å². The second-order valence-corrected chi connectivity index (χ2v) is 3.11. The van der Waals surface area contributed by atoms with Crippen molar-refractivity contribution in [3.8, 4) is 0 Å². The van der Waals surface area contributed by atoms with E-state index in [0.29, 0.717) is 11.9 Å².